The van der Waals surface area contributed by atoms with Gasteiger partial charge in [-0.3, -0.25) is 9.36 Å². The molecule has 1 aromatic heterocycles. The maximum absolute atomic E-state index is 13.3. The van der Waals surface area contributed by atoms with Crippen LogP contribution in [0, 0.1) is 0 Å². The molecular formula is C23H17ClN2O2. The molecule has 0 fully saturated rings. The fourth-order valence-electron chi connectivity index (χ4n) is 3.05. The molecule has 0 amide bonds. The smallest absolute Gasteiger partial charge is 0.266 e. The Balaban J connectivity index is 1.96. The third-order valence-electron chi connectivity index (χ3n) is 4.42. The number of methoxy groups -OCH3 is 1. The third kappa shape index (κ3) is 3.42. The van der Waals surface area contributed by atoms with Crippen molar-refractivity contribution in [3.8, 4) is 11.4 Å². The van der Waals surface area contributed by atoms with Gasteiger partial charge in [0.1, 0.15) is 11.6 Å². The van der Waals surface area contributed by atoms with Gasteiger partial charge in [-0.1, -0.05) is 54.1 Å². The summed E-state index contributed by atoms with van der Waals surface area (Å²) in [5, 5.41) is 1.23. The van der Waals surface area contributed by atoms with Crippen LogP contribution < -0.4 is 10.3 Å². The number of rotatable bonds is 4. The summed E-state index contributed by atoms with van der Waals surface area (Å²) in [5.41, 5.74) is 2.10. The van der Waals surface area contributed by atoms with Gasteiger partial charge in [-0.05, 0) is 48.0 Å². The van der Waals surface area contributed by atoms with Crippen LogP contribution in [0.25, 0.3) is 28.7 Å². The minimum Gasteiger partial charge on any atom is -0.495 e. The minimum absolute atomic E-state index is 0.147. The molecule has 0 aliphatic rings. The van der Waals surface area contributed by atoms with Gasteiger partial charge in [0.15, 0.2) is 0 Å². The van der Waals surface area contributed by atoms with E-state index in [0.717, 1.165) is 5.56 Å². The van der Waals surface area contributed by atoms with E-state index in [-0.39, 0.29) is 5.56 Å². The molecule has 0 unspecified atom stereocenters. The second-order valence-corrected chi connectivity index (χ2v) is 6.62. The van der Waals surface area contributed by atoms with E-state index < -0.39 is 0 Å². The predicted molar refractivity (Wildman–Crippen MR) is 114 cm³/mol. The third-order valence-corrected chi connectivity index (χ3v) is 4.67. The van der Waals surface area contributed by atoms with E-state index in [1.807, 2.05) is 78.9 Å². The summed E-state index contributed by atoms with van der Waals surface area (Å²) in [5.74, 6) is 1.12. The van der Waals surface area contributed by atoms with Crippen molar-refractivity contribution in [1.29, 1.82) is 0 Å². The number of para-hydroxylation sites is 3. The lowest BCUT2D eigenvalue weighted by Gasteiger charge is -2.14. The molecule has 28 heavy (non-hydrogen) atoms. The van der Waals surface area contributed by atoms with Gasteiger partial charge < -0.3 is 4.74 Å². The van der Waals surface area contributed by atoms with E-state index >= 15 is 0 Å². The summed E-state index contributed by atoms with van der Waals surface area (Å²) < 4.78 is 7.05. The Hall–Kier alpha value is -3.37. The number of nitrogens with zero attached hydrogens (tertiary/aromatic N) is 2. The Labute approximate surface area is 167 Å². The van der Waals surface area contributed by atoms with Crippen molar-refractivity contribution in [2.75, 3.05) is 7.11 Å². The SMILES string of the molecule is COc1ccccc1-n1c(C=Cc2ccc(Cl)cc2)nc2ccccc2c1=O. The first-order valence-electron chi connectivity index (χ1n) is 8.76. The zero-order valence-electron chi connectivity index (χ0n) is 15.2. The van der Waals surface area contributed by atoms with E-state index in [2.05, 4.69) is 0 Å². The van der Waals surface area contributed by atoms with Crippen molar-refractivity contribution in [1.82, 2.24) is 9.55 Å². The van der Waals surface area contributed by atoms with Crippen LogP contribution in [0.2, 0.25) is 5.02 Å². The van der Waals surface area contributed by atoms with Crippen LogP contribution in [0.3, 0.4) is 0 Å². The molecule has 4 aromatic rings. The standard InChI is InChI=1S/C23H17ClN2O2/c1-28-21-9-5-4-8-20(21)26-22(15-12-16-10-13-17(24)14-11-16)25-19-7-3-2-6-18(19)23(26)27/h2-15H,1H3. The molecule has 0 radical (unpaired) electrons. The molecule has 0 N–H and O–H groups in total. The quantitative estimate of drug-likeness (QED) is 0.481. The number of aromatic nitrogens is 2. The lowest BCUT2D eigenvalue weighted by Crippen LogP contribution is -2.22. The number of hydrogen-bond donors (Lipinski definition) is 0. The van der Waals surface area contributed by atoms with Gasteiger partial charge in [0.2, 0.25) is 0 Å². The Morgan fingerprint density at radius 2 is 1.64 bits per heavy atom. The van der Waals surface area contributed by atoms with Crippen LogP contribution in [-0.2, 0) is 0 Å². The maximum Gasteiger partial charge on any atom is 0.266 e. The van der Waals surface area contributed by atoms with E-state index in [1.165, 1.54) is 0 Å². The molecule has 0 aliphatic heterocycles. The lowest BCUT2D eigenvalue weighted by molar-refractivity contribution is 0.412. The van der Waals surface area contributed by atoms with Crippen LogP contribution in [0.4, 0.5) is 0 Å². The van der Waals surface area contributed by atoms with Crippen molar-refractivity contribution in [3.63, 3.8) is 0 Å². The van der Waals surface area contributed by atoms with Crippen molar-refractivity contribution in [3.05, 3.63) is 99.6 Å². The molecule has 0 saturated carbocycles. The second-order valence-electron chi connectivity index (χ2n) is 6.18. The summed E-state index contributed by atoms with van der Waals surface area (Å²) in [6.07, 6.45) is 3.72. The summed E-state index contributed by atoms with van der Waals surface area (Å²) in [7, 11) is 1.58. The van der Waals surface area contributed by atoms with Gasteiger partial charge in [0, 0.05) is 5.02 Å². The topological polar surface area (TPSA) is 44.1 Å². The van der Waals surface area contributed by atoms with Crippen molar-refractivity contribution < 1.29 is 4.74 Å². The molecule has 0 spiro atoms. The zero-order chi connectivity index (χ0) is 19.5. The number of hydrogen-bond acceptors (Lipinski definition) is 3. The molecule has 5 heteroatoms. The van der Waals surface area contributed by atoms with Crippen LogP contribution >= 0.6 is 11.6 Å². The molecule has 0 aliphatic carbocycles. The first-order chi connectivity index (χ1) is 13.7. The summed E-state index contributed by atoms with van der Waals surface area (Å²) in [4.78, 5) is 18.0. The molecule has 3 aromatic carbocycles. The fourth-order valence-corrected chi connectivity index (χ4v) is 3.18. The maximum atomic E-state index is 13.3. The van der Waals surface area contributed by atoms with Crippen molar-refractivity contribution in [2.45, 2.75) is 0 Å². The normalized spacial score (nSPS) is 11.2. The average Bonchev–Trinajstić information content (AvgIpc) is 2.73. The van der Waals surface area contributed by atoms with E-state index in [4.69, 9.17) is 21.3 Å². The highest BCUT2D eigenvalue weighted by Crippen LogP contribution is 2.24. The largest absolute Gasteiger partial charge is 0.495 e. The number of halogens is 1. The monoisotopic (exact) mass is 388 g/mol. The highest BCUT2D eigenvalue weighted by molar-refractivity contribution is 6.30. The molecule has 0 atom stereocenters. The second kappa shape index (κ2) is 7.71. The minimum atomic E-state index is -0.147. The molecule has 1 heterocycles. The zero-order valence-corrected chi connectivity index (χ0v) is 15.9. The number of ether oxygens (including phenoxy) is 1. The predicted octanol–water partition coefficient (Wildman–Crippen LogP) is 5.22. The summed E-state index contributed by atoms with van der Waals surface area (Å²) in [6, 6.07) is 22.2. The Morgan fingerprint density at radius 3 is 2.43 bits per heavy atom. The van der Waals surface area contributed by atoms with E-state index in [9.17, 15) is 4.79 Å². The first-order valence-corrected chi connectivity index (χ1v) is 9.14. The summed E-state index contributed by atoms with van der Waals surface area (Å²) in [6.45, 7) is 0. The molecule has 4 nitrogen and oxygen atoms in total. The first kappa shape index (κ1) is 18.0. The van der Waals surface area contributed by atoms with Gasteiger partial charge in [-0.2, -0.15) is 0 Å². The van der Waals surface area contributed by atoms with E-state index in [0.29, 0.717) is 33.2 Å². The molecule has 4 rings (SSSR count). The number of benzene rings is 3. The van der Waals surface area contributed by atoms with Gasteiger partial charge in [-0.25, -0.2) is 4.98 Å². The van der Waals surface area contributed by atoms with Crippen molar-refractivity contribution >= 4 is 34.7 Å². The number of fused-ring (bicyclic) bond motifs is 1. The molecule has 0 saturated heterocycles. The highest BCUT2D eigenvalue weighted by atomic mass is 35.5. The highest BCUT2D eigenvalue weighted by Gasteiger charge is 2.14. The Kier molecular flexibility index (Phi) is 4.96. The Morgan fingerprint density at radius 1 is 0.929 bits per heavy atom. The lowest BCUT2D eigenvalue weighted by atomic mass is 10.2. The van der Waals surface area contributed by atoms with Gasteiger partial charge in [-0.15, -0.1) is 0 Å². The fraction of sp³-hybridized carbons (Fsp3) is 0.0435. The van der Waals surface area contributed by atoms with Crippen LogP contribution in [0.15, 0.2) is 77.6 Å². The van der Waals surface area contributed by atoms with Gasteiger partial charge in [0.05, 0.1) is 23.7 Å². The Bertz CT molecular complexity index is 1230. The molecule has 0 bridgehead atoms. The summed E-state index contributed by atoms with van der Waals surface area (Å²) >= 11 is 5.96. The van der Waals surface area contributed by atoms with Gasteiger partial charge >= 0.3 is 0 Å². The van der Waals surface area contributed by atoms with Crippen LogP contribution in [0.1, 0.15) is 11.4 Å². The molecule has 138 valence electrons. The average molecular weight is 389 g/mol. The van der Waals surface area contributed by atoms with E-state index in [1.54, 1.807) is 17.7 Å². The van der Waals surface area contributed by atoms with Crippen LogP contribution in [-0.4, -0.2) is 16.7 Å². The molecular weight excluding hydrogens is 372 g/mol. The van der Waals surface area contributed by atoms with Crippen molar-refractivity contribution in [2.24, 2.45) is 0 Å². The van der Waals surface area contributed by atoms with Crippen LogP contribution in [0.5, 0.6) is 5.75 Å². The van der Waals surface area contributed by atoms with Gasteiger partial charge in [0.25, 0.3) is 5.56 Å².